The van der Waals surface area contributed by atoms with E-state index in [-0.39, 0.29) is 12.1 Å². The summed E-state index contributed by atoms with van der Waals surface area (Å²) in [7, 11) is 0. The van der Waals surface area contributed by atoms with Gasteiger partial charge in [-0.25, -0.2) is 4.79 Å². The Hall–Kier alpha value is -0.850. The minimum Gasteiger partial charge on any atom is -0.444 e. The molecule has 2 atom stereocenters. The molecule has 2 fully saturated rings. The Morgan fingerprint density at radius 1 is 1.25 bits per heavy atom. The van der Waals surface area contributed by atoms with E-state index in [1.54, 1.807) is 0 Å². The van der Waals surface area contributed by atoms with Gasteiger partial charge in [0.2, 0.25) is 0 Å². The lowest BCUT2D eigenvalue weighted by Gasteiger charge is -2.42. The average molecular weight is 341 g/mol. The van der Waals surface area contributed by atoms with Crippen LogP contribution in [0.25, 0.3) is 0 Å². The molecule has 24 heavy (non-hydrogen) atoms. The molecule has 2 aliphatic heterocycles. The van der Waals surface area contributed by atoms with Crippen LogP contribution in [-0.4, -0.2) is 71.8 Å². The molecule has 0 aliphatic carbocycles. The molecular weight excluding hydrogens is 304 g/mol. The number of hydrogen-bond donors (Lipinski definition) is 2. The van der Waals surface area contributed by atoms with Crippen LogP contribution in [0.15, 0.2) is 0 Å². The number of alkyl carbamates (subject to hydrolysis) is 1. The monoisotopic (exact) mass is 340 g/mol. The van der Waals surface area contributed by atoms with E-state index >= 15 is 0 Å². The van der Waals surface area contributed by atoms with Crippen molar-refractivity contribution in [3.8, 4) is 0 Å². The van der Waals surface area contributed by atoms with Crippen molar-refractivity contribution in [2.24, 2.45) is 5.73 Å². The van der Waals surface area contributed by atoms with Crippen molar-refractivity contribution in [1.82, 2.24) is 15.1 Å². The first kappa shape index (κ1) is 19.5. The van der Waals surface area contributed by atoms with E-state index in [9.17, 15) is 4.79 Å². The molecule has 0 aromatic carbocycles. The summed E-state index contributed by atoms with van der Waals surface area (Å²) in [4.78, 5) is 16.9. The van der Waals surface area contributed by atoms with Gasteiger partial charge in [-0.15, -0.1) is 0 Å². The van der Waals surface area contributed by atoms with Gasteiger partial charge in [0.15, 0.2) is 0 Å². The number of ether oxygens (including phenoxy) is 1. The van der Waals surface area contributed by atoms with Gasteiger partial charge >= 0.3 is 6.09 Å². The first-order chi connectivity index (χ1) is 11.2. The third-order valence-electron chi connectivity index (χ3n) is 5.37. The maximum absolute atomic E-state index is 12.1. The molecule has 1 unspecified atom stereocenters. The summed E-state index contributed by atoms with van der Waals surface area (Å²) >= 11 is 0. The smallest absolute Gasteiger partial charge is 0.407 e. The molecule has 6 nitrogen and oxygen atoms in total. The molecule has 3 N–H and O–H groups in total. The molecule has 2 rings (SSSR count). The van der Waals surface area contributed by atoms with Crippen LogP contribution >= 0.6 is 0 Å². The Morgan fingerprint density at radius 3 is 2.46 bits per heavy atom. The van der Waals surface area contributed by atoms with Gasteiger partial charge < -0.3 is 15.8 Å². The van der Waals surface area contributed by atoms with Crippen molar-refractivity contribution in [2.75, 3.05) is 26.2 Å². The summed E-state index contributed by atoms with van der Waals surface area (Å²) in [6.45, 7) is 14.5. The van der Waals surface area contributed by atoms with Crippen LogP contribution in [0.4, 0.5) is 4.79 Å². The van der Waals surface area contributed by atoms with Crippen LogP contribution in [0.1, 0.15) is 53.9 Å². The SMILES string of the molecule is CC(C)N1CC(NC(=O)OC(C)(C)CCC(C)N2CC[C@H](N)C2)C1. The zero-order valence-corrected chi connectivity index (χ0v) is 16.0. The summed E-state index contributed by atoms with van der Waals surface area (Å²) in [5.41, 5.74) is 5.54. The van der Waals surface area contributed by atoms with E-state index in [4.69, 9.17) is 10.5 Å². The molecule has 2 saturated heterocycles. The molecule has 0 aromatic rings. The van der Waals surface area contributed by atoms with Crippen molar-refractivity contribution in [3.05, 3.63) is 0 Å². The van der Waals surface area contributed by atoms with Gasteiger partial charge in [0.1, 0.15) is 5.60 Å². The van der Waals surface area contributed by atoms with Crippen LogP contribution in [0.3, 0.4) is 0 Å². The summed E-state index contributed by atoms with van der Waals surface area (Å²) in [6.07, 6.45) is 2.67. The molecule has 0 saturated carbocycles. The lowest BCUT2D eigenvalue weighted by atomic mass is 9.99. The Bertz CT molecular complexity index is 421. The van der Waals surface area contributed by atoms with E-state index in [1.165, 1.54) is 0 Å². The second-order valence-electron chi connectivity index (χ2n) is 8.47. The standard InChI is InChI=1S/C18H36N4O2/c1-13(2)22-11-16(12-22)20-17(23)24-18(4,5)8-6-14(3)21-9-7-15(19)10-21/h13-16H,6-12,19H2,1-5H3,(H,20,23)/t14?,15-/m0/s1. The van der Waals surface area contributed by atoms with Gasteiger partial charge in [-0.2, -0.15) is 0 Å². The summed E-state index contributed by atoms with van der Waals surface area (Å²) < 4.78 is 5.66. The van der Waals surface area contributed by atoms with Gasteiger partial charge in [-0.05, 0) is 60.4 Å². The molecule has 1 amide bonds. The topological polar surface area (TPSA) is 70.8 Å². The van der Waals surface area contributed by atoms with Crippen molar-refractivity contribution in [1.29, 1.82) is 0 Å². The second kappa shape index (κ2) is 8.02. The highest BCUT2D eigenvalue weighted by atomic mass is 16.6. The zero-order chi connectivity index (χ0) is 17.9. The molecule has 0 radical (unpaired) electrons. The minimum atomic E-state index is -0.443. The van der Waals surface area contributed by atoms with Gasteiger partial charge in [0, 0.05) is 37.8 Å². The van der Waals surface area contributed by atoms with Crippen molar-refractivity contribution >= 4 is 6.09 Å². The van der Waals surface area contributed by atoms with Crippen LogP contribution < -0.4 is 11.1 Å². The first-order valence-corrected chi connectivity index (χ1v) is 9.39. The molecule has 0 spiro atoms. The minimum absolute atomic E-state index is 0.223. The number of amides is 1. The van der Waals surface area contributed by atoms with Crippen molar-refractivity contribution < 1.29 is 9.53 Å². The number of nitrogens with one attached hydrogen (secondary N) is 1. The summed E-state index contributed by atoms with van der Waals surface area (Å²) in [5, 5.41) is 2.98. The lowest BCUT2D eigenvalue weighted by Crippen LogP contribution is -2.61. The Balaban J connectivity index is 1.66. The fourth-order valence-electron chi connectivity index (χ4n) is 3.48. The first-order valence-electron chi connectivity index (χ1n) is 9.39. The summed E-state index contributed by atoms with van der Waals surface area (Å²) in [6, 6.07) is 1.56. The fourth-order valence-corrected chi connectivity index (χ4v) is 3.48. The number of carbonyl (C=O) groups is 1. The van der Waals surface area contributed by atoms with Crippen LogP contribution in [0, 0.1) is 0 Å². The molecular formula is C18H36N4O2. The second-order valence-corrected chi connectivity index (χ2v) is 8.47. The van der Waals surface area contributed by atoms with Crippen molar-refractivity contribution in [3.63, 3.8) is 0 Å². The van der Waals surface area contributed by atoms with Crippen LogP contribution in [-0.2, 0) is 4.74 Å². The van der Waals surface area contributed by atoms with Gasteiger partial charge in [0.05, 0.1) is 6.04 Å². The van der Waals surface area contributed by atoms with Gasteiger partial charge in [-0.1, -0.05) is 0 Å². The number of likely N-dealkylation sites (tertiary alicyclic amines) is 2. The predicted molar refractivity (Wildman–Crippen MR) is 97.1 cm³/mol. The molecule has 0 bridgehead atoms. The number of nitrogens with zero attached hydrogens (tertiary/aromatic N) is 2. The Morgan fingerprint density at radius 2 is 1.92 bits per heavy atom. The number of hydrogen-bond acceptors (Lipinski definition) is 5. The number of nitrogens with two attached hydrogens (primary N) is 1. The quantitative estimate of drug-likeness (QED) is 0.739. The van der Waals surface area contributed by atoms with E-state index in [2.05, 4.69) is 35.9 Å². The predicted octanol–water partition coefficient (Wildman–Crippen LogP) is 1.79. The van der Waals surface area contributed by atoms with E-state index in [1.807, 2.05) is 13.8 Å². The lowest BCUT2D eigenvalue weighted by molar-refractivity contribution is 0.0153. The number of rotatable bonds is 7. The highest BCUT2D eigenvalue weighted by Crippen LogP contribution is 2.22. The normalized spacial score (nSPS) is 24.9. The largest absolute Gasteiger partial charge is 0.444 e. The van der Waals surface area contributed by atoms with Crippen molar-refractivity contribution in [2.45, 2.75) is 83.6 Å². The third-order valence-corrected chi connectivity index (χ3v) is 5.37. The van der Waals surface area contributed by atoms with E-state index in [0.717, 1.165) is 45.4 Å². The van der Waals surface area contributed by atoms with Crippen LogP contribution in [0.2, 0.25) is 0 Å². The highest BCUT2D eigenvalue weighted by Gasteiger charge is 2.32. The molecule has 140 valence electrons. The molecule has 2 aliphatic rings. The summed E-state index contributed by atoms with van der Waals surface area (Å²) in [5.74, 6) is 0. The number of carbonyl (C=O) groups excluding carboxylic acids is 1. The maximum atomic E-state index is 12.1. The molecule has 2 heterocycles. The van der Waals surface area contributed by atoms with Gasteiger partial charge in [-0.3, -0.25) is 9.80 Å². The fraction of sp³-hybridized carbons (Fsp3) is 0.944. The Kier molecular flexibility index (Phi) is 6.51. The molecule has 6 heteroatoms. The third kappa shape index (κ3) is 5.60. The highest BCUT2D eigenvalue weighted by molar-refractivity contribution is 5.68. The maximum Gasteiger partial charge on any atom is 0.407 e. The molecule has 0 aromatic heterocycles. The average Bonchev–Trinajstić information content (AvgIpc) is 2.85. The Labute approximate surface area is 147 Å². The van der Waals surface area contributed by atoms with Gasteiger partial charge in [0.25, 0.3) is 0 Å². The van der Waals surface area contributed by atoms with E-state index in [0.29, 0.717) is 18.1 Å². The van der Waals surface area contributed by atoms with E-state index < -0.39 is 5.60 Å². The van der Waals surface area contributed by atoms with Crippen LogP contribution in [0.5, 0.6) is 0 Å². The zero-order valence-electron chi connectivity index (χ0n) is 16.0.